The lowest BCUT2D eigenvalue weighted by Gasteiger charge is -2.16. The predicted octanol–water partition coefficient (Wildman–Crippen LogP) is 3.08. The third-order valence-corrected chi connectivity index (χ3v) is 3.25. The lowest BCUT2D eigenvalue weighted by atomic mass is 10.1. The Morgan fingerprint density at radius 2 is 2.05 bits per heavy atom. The van der Waals surface area contributed by atoms with Gasteiger partial charge < -0.3 is 9.64 Å². The molecule has 0 N–H and O–H groups in total. The van der Waals surface area contributed by atoms with Crippen molar-refractivity contribution in [2.75, 3.05) is 20.2 Å². The highest BCUT2D eigenvalue weighted by molar-refractivity contribution is 5.77. The van der Waals surface area contributed by atoms with E-state index in [1.54, 1.807) is 4.90 Å². The van der Waals surface area contributed by atoms with Crippen molar-refractivity contribution in [1.29, 1.82) is 0 Å². The molecular formula is C16H25NO2. The first-order valence-electron chi connectivity index (χ1n) is 6.92. The summed E-state index contributed by atoms with van der Waals surface area (Å²) in [4.78, 5) is 13.5. The van der Waals surface area contributed by atoms with Crippen molar-refractivity contribution in [3.63, 3.8) is 0 Å². The normalized spacial score (nSPS) is 10.5. The Bertz CT molecular complexity index is 415. The van der Waals surface area contributed by atoms with Gasteiger partial charge in [0.05, 0.1) is 6.61 Å². The Kier molecular flexibility index (Phi) is 6.57. The molecule has 0 heterocycles. The molecule has 0 aliphatic rings. The van der Waals surface area contributed by atoms with E-state index in [2.05, 4.69) is 39.0 Å². The molecule has 0 radical (unpaired) electrons. The van der Waals surface area contributed by atoms with Gasteiger partial charge in [-0.3, -0.25) is 4.79 Å². The number of carbonyl (C=O) groups is 1. The highest BCUT2D eigenvalue weighted by atomic mass is 16.5. The number of benzene rings is 1. The summed E-state index contributed by atoms with van der Waals surface area (Å²) in [6.07, 6.45) is 2.14. The summed E-state index contributed by atoms with van der Waals surface area (Å²) in [5.74, 6) is 0.0539. The Balaban J connectivity index is 2.35. The van der Waals surface area contributed by atoms with Gasteiger partial charge in [0.2, 0.25) is 5.91 Å². The molecular weight excluding hydrogens is 238 g/mol. The van der Waals surface area contributed by atoms with Crippen LogP contribution in [0.1, 0.15) is 36.5 Å². The molecule has 0 saturated carbocycles. The van der Waals surface area contributed by atoms with Gasteiger partial charge in [0.15, 0.2) is 0 Å². The fourth-order valence-corrected chi connectivity index (χ4v) is 1.89. The predicted molar refractivity (Wildman–Crippen MR) is 78.1 cm³/mol. The van der Waals surface area contributed by atoms with Gasteiger partial charge in [-0.05, 0) is 31.4 Å². The highest BCUT2D eigenvalue weighted by Crippen LogP contribution is 2.11. The molecule has 1 aromatic carbocycles. The second-order valence-electron chi connectivity index (χ2n) is 5.09. The third-order valence-electron chi connectivity index (χ3n) is 3.25. The van der Waals surface area contributed by atoms with Crippen molar-refractivity contribution in [2.45, 2.75) is 40.2 Å². The molecule has 1 amide bonds. The van der Waals surface area contributed by atoms with E-state index in [0.717, 1.165) is 24.9 Å². The molecule has 0 bridgehead atoms. The fraction of sp³-hybridized carbons (Fsp3) is 0.562. The summed E-state index contributed by atoms with van der Waals surface area (Å²) < 4.78 is 5.51. The highest BCUT2D eigenvalue weighted by Gasteiger charge is 2.08. The molecule has 0 aliphatic carbocycles. The quantitative estimate of drug-likeness (QED) is 0.756. The SMILES string of the molecule is CCCCN(C)C(=O)COCc1ccc(C)cc1C. The maximum Gasteiger partial charge on any atom is 0.248 e. The van der Waals surface area contributed by atoms with Gasteiger partial charge in [-0.15, -0.1) is 0 Å². The van der Waals surface area contributed by atoms with Crippen molar-refractivity contribution in [3.05, 3.63) is 34.9 Å². The number of likely N-dealkylation sites (N-methyl/N-ethyl adjacent to an activating group) is 1. The molecule has 19 heavy (non-hydrogen) atoms. The molecule has 0 atom stereocenters. The monoisotopic (exact) mass is 263 g/mol. The zero-order valence-corrected chi connectivity index (χ0v) is 12.5. The minimum Gasteiger partial charge on any atom is -0.367 e. The smallest absolute Gasteiger partial charge is 0.248 e. The molecule has 1 rings (SSSR count). The number of aryl methyl sites for hydroxylation is 2. The molecule has 0 aliphatic heterocycles. The molecule has 1 aromatic rings. The van der Waals surface area contributed by atoms with Crippen molar-refractivity contribution in [2.24, 2.45) is 0 Å². The number of ether oxygens (including phenoxy) is 1. The Morgan fingerprint density at radius 3 is 2.68 bits per heavy atom. The molecule has 0 fully saturated rings. The topological polar surface area (TPSA) is 29.5 Å². The van der Waals surface area contributed by atoms with Gasteiger partial charge in [0.25, 0.3) is 0 Å². The van der Waals surface area contributed by atoms with Crippen LogP contribution in [0.2, 0.25) is 0 Å². The second kappa shape index (κ2) is 7.95. The first kappa shape index (κ1) is 15.7. The van der Waals surface area contributed by atoms with Gasteiger partial charge >= 0.3 is 0 Å². The molecule has 0 unspecified atom stereocenters. The molecule has 3 heteroatoms. The third kappa shape index (κ3) is 5.43. The molecule has 0 spiro atoms. The zero-order valence-electron chi connectivity index (χ0n) is 12.5. The van der Waals surface area contributed by atoms with E-state index >= 15 is 0 Å². The molecule has 3 nitrogen and oxygen atoms in total. The number of carbonyl (C=O) groups excluding carboxylic acids is 1. The largest absolute Gasteiger partial charge is 0.367 e. The first-order chi connectivity index (χ1) is 9.04. The average molecular weight is 263 g/mol. The summed E-state index contributed by atoms with van der Waals surface area (Å²) in [6.45, 7) is 7.73. The van der Waals surface area contributed by atoms with Crippen LogP contribution in [0.25, 0.3) is 0 Å². The van der Waals surface area contributed by atoms with Gasteiger partial charge in [-0.2, -0.15) is 0 Å². The molecule has 0 saturated heterocycles. The lowest BCUT2D eigenvalue weighted by molar-refractivity contribution is -0.135. The van der Waals surface area contributed by atoms with Gasteiger partial charge in [-0.1, -0.05) is 37.1 Å². The number of unbranched alkanes of at least 4 members (excludes halogenated alkanes) is 1. The summed E-state index contributed by atoms with van der Waals surface area (Å²) in [6, 6.07) is 6.27. The van der Waals surface area contributed by atoms with Crippen LogP contribution in [-0.2, 0) is 16.1 Å². The summed E-state index contributed by atoms with van der Waals surface area (Å²) in [7, 11) is 1.83. The second-order valence-corrected chi connectivity index (χ2v) is 5.09. The van der Waals surface area contributed by atoms with E-state index in [-0.39, 0.29) is 12.5 Å². The van der Waals surface area contributed by atoms with Gasteiger partial charge in [0, 0.05) is 13.6 Å². The summed E-state index contributed by atoms with van der Waals surface area (Å²) in [5, 5.41) is 0. The van der Waals surface area contributed by atoms with Crippen molar-refractivity contribution >= 4 is 5.91 Å². The van der Waals surface area contributed by atoms with Crippen LogP contribution in [0.15, 0.2) is 18.2 Å². The van der Waals surface area contributed by atoms with Crippen LogP contribution in [0.5, 0.6) is 0 Å². The van der Waals surface area contributed by atoms with E-state index in [9.17, 15) is 4.79 Å². The van der Waals surface area contributed by atoms with Crippen molar-refractivity contribution in [3.8, 4) is 0 Å². The van der Waals surface area contributed by atoms with E-state index in [1.807, 2.05) is 7.05 Å². The first-order valence-corrected chi connectivity index (χ1v) is 6.92. The van der Waals surface area contributed by atoms with E-state index in [0.29, 0.717) is 6.61 Å². The van der Waals surface area contributed by atoms with Crippen LogP contribution < -0.4 is 0 Å². The Hall–Kier alpha value is -1.35. The molecule has 0 aromatic heterocycles. The van der Waals surface area contributed by atoms with E-state index in [1.165, 1.54) is 11.1 Å². The Morgan fingerprint density at radius 1 is 1.32 bits per heavy atom. The van der Waals surface area contributed by atoms with E-state index < -0.39 is 0 Å². The fourth-order valence-electron chi connectivity index (χ4n) is 1.89. The number of amides is 1. The van der Waals surface area contributed by atoms with Gasteiger partial charge in [-0.25, -0.2) is 0 Å². The van der Waals surface area contributed by atoms with Crippen molar-refractivity contribution in [1.82, 2.24) is 4.90 Å². The van der Waals surface area contributed by atoms with Crippen LogP contribution in [0.4, 0.5) is 0 Å². The van der Waals surface area contributed by atoms with Crippen LogP contribution >= 0.6 is 0 Å². The van der Waals surface area contributed by atoms with Crippen LogP contribution in [0.3, 0.4) is 0 Å². The maximum absolute atomic E-state index is 11.8. The standard InChI is InChI=1S/C16H25NO2/c1-5-6-9-17(4)16(18)12-19-11-15-8-7-13(2)10-14(15)3/h7-8,10H,5-6,9,11-12H2,1-4H3. The number of nitrogens with zero attached hydrogens (tertiary/aromatic N) is 1. The van der Waals surface area contributed by atoms with E-state index in [4.69, 9.17) is 4.74 Å². The van der Waals surface area contributed by atoms with Gasteiger partial charge in [0.1, 0.15) is 6.61 Å². The Labute approximate surface area is 116 Å². The number of rotatable bonds is 7. The van der Waals surface area contributed by atoms with Crippen LogP contribution in [0, 0.1) is 13.8 Å². The van der Waals surface area contributed by atoms with Crippen LogP contribution in [-0.4, -0.2) is 31.0 Å². The van der Waals surface area contributed by atoms with Crippen molar-refractivity contribution < 1.29 is 9.53 Å². The number of hydrogen-bond acceptors (Lipinski definition) is 2. The maximum atomic E-state index is 11.8. The average Bonchev–Trinajstić information content (AvgIpc) is 2.38. The summed E-state index contributed by atoms with van der Waals surface area (Å²) in [5.41, 5.74) is 3.61. The summed E-state index contributed by atoms with van der Waals surface area (Å²) >= 11 is 0. The minimum absolute atomic E-state index is 0.0539. The number of hydrogen-bond donors (Lipinski definition) is 0. The zero-order chi connectivity index (χ0) is 14.3. The minimum atomic E-state index is 0.0539. The lowest BCUT2D eigenvalue weighted by Crippen LogP contribution is -2.31. The molecule has 106 valence electrons.